The van der Waals surface area contributed by atoms with Gasteiger partial charge in [-0.3, -0.25) is 0 Å². The van der Waals surface area contributed by atoms with Crippen molar-refractivity contribution in [2.45, 2.75) is 58.5 Å². The normalized spacial score (nSPS) is 41.0. The van der Waals surface area contributed by atoms with E-state index in [0.29, 0.717) is 0 Å². The van der Waals surface area contributed by atoms with Crippen LogP contribution in [-0.4, -0.2) is 24.0 Å². The maximum atomic E-state index is 2.64. The van der Waals surface area contributed by atoms with Gasteiger partial charge in [0.15, 0.2) is 0 Å². The second-order valence-electron chi connectivity index (χ2n) is 4.21. The molecule has 2 bridgehead atoms. The SMILES string of the molecule is C.CCC1C2CCC(CC2)N1C. The number of hydrogen-bond donors (Lipinski definition) is 0. The van der Waals surface area contributed by atoms with Crippen LogP contribution in [0, 0.1) is 5.92 Å². The third-order valence-corrected chi connectivity index (χ3v) is 3.80. The topological polar surface area (TPSA) is 3.24 Å². The van der Waals surface area contributed by atoms with Gasteiger partial charge in [0.1, 0.15) is 0 Å². The highest BCUT2D eigenvalue weighted by Gasteiger charge is 2.38. The van der Waals surface area contributed by atoms with Crippen molar-refractivity contribution in [2.75, 3.05) is 7.05 Å². The quantitative estimate of drug-likeness (QED) is 0.583. The van der Waals surface area contributed by atoms with Gasteiger partial charge in [0.25, 0.3) is 0 Å². The van der Waals surface area contributed by atoms with Crippen molar-refractivity contribution in [1.82, 2.24) is 4.90 Å². The zero-order valence-corrected chi connectivity index (χ0v) is 7.71. The maximum absolute atomic E-state index is 2.64. The van der Waals surface area contributed by atoms with E-state index in [-0.39, 0.29) is 7.43 Å². The largest absolute Gasteiger partial charge is 0.300 e. The molecule has 1 saturated carbocycles. The highest BCUT2D eigenvalue weighted by atomic mass is 15.2. The minimum Gasteiger partial charge on any atom is -0.300 e. The minimum absolute atomic E-state index is 0. The molecule has 0 spiro atoms. The van der Waals surface area contributed by atoms with Gasteiger partial charge in [-0.1, -0.05) is 14.4 Å². The summed E-state index contributed by atoms with van der Waals surface area (Å²) in [5.41, 5.74) is 0. The lowest BCUT2D eigenvalue weighted by atomic mass is 9.74. The molecule has 1 atom stereocenters. The Labute approximate surface area is 77.1 Å². The zero-order valence-electron chi connectivity index (χ0n) is 7.71. The van der Waals surface area contributed by atoms with E-state index in [1.165, 1.54) is 32.1 Å². The smallest absolute Gasteiger partial charge is 0.0121 e. The summed E-state index contributed by atoms with van der Waals surface area (Å²) in [6, 6.07) is 1.85. The second-order valence-corrected chi connectivity index (χ2v) is 4.21. The lowest BCUT2D eigenvalue weighted by Gasteiger charge is -2.49. The van der Waals surface area contributed by atoms with Crippen LogP contribution in [0.1, 0.15) is 46.5 Å². The predicted octanol–water partition coefficient (Wildman–Crippen LogP) is 2.91. The molecule has 1 nitrogen and oxygen atoms in total. The molecule has 72 valence electrons. The lowest BCUT2D eigenvalue weighted by molar-refractivity contribution is 0.00689. The van der Waals surface area contributed by atoms with Crippen molar-refractivity contribution in [3.05, 3.63) is 0 Å². The van der Waals surface area contributed by atoms with Gasteiger partial charge in [-0.15, -0.1) is 0 Å². The van der Waals surface area contributed by atoms with Crippen LogP contribution in [0.25, 0.3) is 0 Å². The summed E-state index contributed by atoms with van der Waals surface area (Å²) in [7, 11) is 2.32. The summed E-state index contributed by atoms with van der Waals surface area (Å²) in [4.78, 5) is 2.64. The molecule has 3 rings (SSSR count). The number of rotatable bonds is 1. The van der Waals surface area contributed by atoms with Gasteiger partial charge in [0, 0.05) is 12.1 Å². The zero-order chi connectivity index (χ0) is 7.84. The van der Waals surface area contributed by atoms with Crippen molar-refractivity contribution < 1.29 is 0 Å². The number of piperidine rings is 2. The average Bonchev–Trinajstić information content (AvgIpc) is 2.06. The average molecular weight is 169 g/mol. The van der Waals surface area contributed by atoms with E-state index in [0.717, 1.165) is 18.0 Å². The summed E-state index contributed by atoms with van der Waals surface area (Å²) < 4.78 is 0. The predicted molar refractivity (Wildman–Crippen MR) is 54.3 cm³/mol. The fraction of sp³-hybridized carbons (Fsp3) is 1.00. The lowest BCUT2D eigenvalue weighted by Crippen LogP contribution is -2.52. The first-order valence-corrected chi connectivity index (χ1v) is 5.05. The molecule has 3 aliphatic rings. The summed E-state index contributed by atoms with van der Waals surface area (Å²) in [6.45, 7) is 2.34. The van der Waals surface area contributed by atoms with Gasteiger partial charge < -0.3 is 4.90 Å². The van der Waals surface area contributed by atoms with Crippen LogP contribution in [-0.2, 0) is 0 Å². The summed E-state index contributed by atoms with van der Waals surface area (Å²) in [5.74, 6) is 1.04. The highest BCUT2D eigenvalue weighted by molar-refractivity contribution is 4.92. The number of hydrogen-bond acceptors (Lipinski definition) is 1. The molecule has 2 heterocycles. The van der Waals surface area contributed by atoms with Gasteiger partial charge in [0.2, 0.25) is 0 Å². The molecule has 0 aromatic heterocycles. The van der Waals surface area contributed by atoms with Gasteiger partial charge in [-0.25, -0.2) is 0 Å². The molecular weight excluding hydrogens is 146 g/mol. The monoisotopic (exact) mass is 169 g/mol. The fourth-order valence-electron chi connectivity index (χ4n) is 3.12. The Morgan fingerprint density at radius 3 is 2.08 bits per heavy atom. The molecule has 0 N–H and O–H groups in total. The van der Waals surface area contributed by atoms with E-state index < -0.39 is 0 Å². The number of fused-ring (bicyclic) bond motifs is 3. The van der Waals surface area contributed by atoms with E-state index in [4.69, 9.17) is 0 Å². The van der Waals surface area contributed by atoms with Crippen molar-refractivity contribution >= 4 is 0 Å². The van der Waals surface area contributed by atoms with Gasteiger partial charge in [0.05, 0.1) is 0 Å². The van der Waals surface area contributed by atoms with Crippen LogP contribution in [0.4, 0.5) is 0 Å². The molecule has 1 aliphatic carbocycles. The van der Waals surface area contributed by atoms with Gasteiger partial charge >= 0.3 is 0 Å². The summed E-state index contributed by atoms with van der Waals surface area (Å²) in [6.07, 6.45) is 7.31. The van der Waals surface area contributed by atoms with Gasteiger partial charge in [-0.05, 0) is 45.1 Å². The Kier molecular flexibility index (Phi) is 3.16. The molecule has 12 heavy (non-hydrogen) atoms. The molecule has 0 aromatic carbocycles. The van der Waals surface area contributed by atoms with Crippen LogP contribution in [0.2, 0.25) is 0 Å². The second kappa shape index (κ2) is 3.78. The third kappa shape index (κ3) is 1.39. The molecular formula is C11H23N. The Hall–Kier alpha value is -0.0400. The first-order valence-electron chi connectivity index (χ1n) is 5.05. The van der Waals surface area contributed by atoms with Crippen molar-refractivity contribution in [1.29, 1.82) is 0 Å². The highest BCUT2D eigenvalue weighted by Crippen LogP contribution is 2.39. The van der Waals surface area contributed by atoms with Crippen LogP contribution in [0.3, 0.4) is 0 Å². The van der Waals surface area contributed by atoms with Crippen LogP contribution in [0.15, 0.2) is 0 Å². The van der Waals surface area contributed by atoms with Crippen molar-refractivity contribution in [2.24, 2.45) is 5.92 Å². The van der Waals surface area contributed by atoms with Crippen molar-refractivity contribution in [3.8, 4) is 0 Å². The first-order chi connectivity index (χ1) is 5.33. The molecule has 2 aliphatic heterocycles. The molecule has 2 saturated heterocycles. The summed E-state index contributed by atoms with van der Waals surface area (Å²) >= 11 is 0. The van der Waals surface area contributed by atoms with Crippen LogP contribution >= 0.6 is 0 Å². The molecule has 3 fully saturated rings. The van der Waals surface area contributed by atoms with Gasteiger partial charge in [-0.2, -0.15) is 0 Å². The Balaban J connectivity index is 0.000000720. The maximum Gasteiger partial charge on any atom is 0.0121 e. The van der Waals surface area contributed by atoms with E-state index in [2.05, 4.69) is 18.9 Å². The Morgan fingerprint density at radius 2 is 1.75 bits per heavy atom. The minimum atomic E-state index is 0. The van der Waals surface area contributed by atoms with Crippen LogP contribution < -0.4 is 0 Å². The molecule has 1 heteroatoms. The van der Waals surface area contributed by atoms with Crippen LogP contribution in [0.5, 0.6) is 0 Å². The van der Waals surface area contributed by atoms with E-state index >= 15 is 0 Å². The molecule has 0 aromatic rings. The Morgan fingerprint density at radius 1 is 1.17 bits per heavy atom. The fourth-order valence-corrected chi connectivity index (χ4v) is 3.12. The van der Waals surface area contributed by atoms with Crippen molar-refractivity contribution in [3.63, 3.8) is 0 Å². The number of nitrogens with zero attached hydrogens (tertiary/aromatic N) is 1. The van der Waals surface area contributed by atoms with E-state index in [1.54, 1.807) is 0 Å². The van der Waals surface area contributed by atoms with E-state index in [1.807, 2.05) is 0 Å². The first kappa shape index (κ1) is 10.0. The molecule has 0 radical (unpaired) electrons. The van der Waals surface area contributed by atoms with E-state index in [9.17, 15) is 0 Å². The Bertz CT molecular complexity index is 134. The summed E-state index contributed by atoms with van der Waals surface area (Å²) in [5, 5.41) is 0. The molecule has 1 unspecified atom stereocenters. The third-order valence-electron chi connectivity index (χ3n) is 3.80. The molecule has 0 amide bonds. The standard InChI is InChI=1S/C10H19N.CH4/c1-3-10-8-4-6-9(7-5-8)11(10)2;/h8-10H,3-7H2,1-2H3;1H4.